The van der Waals surface area contributed by atoms with Crippen LogP contribution in [0.25, 0.3) is 0 Å². The third-order valence-corrected chi connectivity index (χ3v) is 7.26. The number of likely N-dealkylation sites (N-methyl/N-ethyl adjacent to an activating group) is 1. The van der Waals surface area contributed by atoms with Crippen LogP contribution in [-0.4, -0.2) is 116 Å². The maximum Gasteiger partial charge on any atom is 0.410 e. The number of rotatable bonds is 5. The highest BCUT2D eigenvalue weighted by atomic mass is 16.6. The monoisotopic (exact) mass is 408 g/mol. The van der Waals surface area contributed by atoms with Crippen LogP contribution in [0.5, 0.6) is 0 Å². The van der Waals surface area contributed by atoms with Crippen LogP contribution < -0.4 is 0 Å². The molecule has 0 radical (unpaired) electrons. The van der Waals surface area contributed by atoms with Gasteiger partial charge in [-0.3, -0.25) is 9.69 Å². The smallest absolute Gasteiger partial charge is 0.410 e. The van der Waals surface area contributed by atoms with Crippen molar-refractivity contribution in [1.82, 2.24) is 19.6 Å². The number of hydrogen-bond donors (Lipinski definition) is 0. The number of carbonyl (C=O) groups is 2. The summed E-state index contributed by atoms with van der Waals surface area (Å²) in [6, 6.07) is 0.615. The molecule has 0 aromatic rings. The third-order valence-electron chi connectivity index (χ3n) is 7.26. The number of nitrogens with zero attached hydrogens (tertiary/aromatic N) is 4. The van der Waals surface area contributed by atoms with E-state index in [0.29, 0.717) is 38.9 Å². The minimum atomic E-state index is -0.402. The maximum absolute atomic E-state index is 12.8. The zero-order valence-electron chi connectivity index (χ0n) is 18.0. The molecule has 4 fully saturated rings. The molecule has 8 heteroatoms. The molecule has 4 heterocycles. The van der Waals surface area contributed by atoms with Crippen LogP contribution in [0.3, 0.4) is 0 Å². The molecule has 1 atom stereocenters. The van der Waals surface area contributed by atoms with Crippen molar-refractivity contribution in [1.29, 1.82) is 0 Å². The van der Waals surface area contributed by atoms with E-state index in [1.54, 1.807) is 0 Å². The lowest BCUT2D eigenvalue weighted by Gasteiger charge is -2.39. The quantitative estimate of drug-likeness (QED) is 0.672. The van der Waals surface area contributed by atoms with E-state index in [4.69, 9.17) is 9.47 Å². The number of amides is 2. The molecule has 0 aromatic heterocycles. The fraction of sp³-hybridized carbons (Fsp3) is 0.905. The average Bonchev–Trinajstić information content (AvgIpc) is 3.32. The van der Waals surface area contributed by atoms with Crippen LogP contribution in [0.2, 0.25) is 0 Å². The molecule has 4 aliphatic rings. The zero-order chi connectivity index (χ0) is 20.4. The maximum atomic E-state index is 12.8. The first kappa shape index (κ1) is 20.9. The summed E-state index contributed by atoms with van der Waals surface area (Å²) in [5.74, 6) is 0.362. The lowest BCUT2D eigenvalue weighted by molar-refractivity contribution is -0.141. The van der Waals surface area contributed by atoms with Gasteiger partial charge >= 0.3 is 6.09 Å². The van der Waals surface area contributed by atoms with Crippen LogP contribution in [0.1, 0.15) is 32.1 Å². The van der Waals surface area contributed by atoms with Gasteiger partial charge in [-0.25, -0.2) is 4.79 Å². The predicted octanol–water partition coefficient (Wildman–Crippen LogP) is 0.862. The predicted molar refractivity (Wildman–Crippen MR) is 109 cm³/mol. The highest BCUT2D eigenvalue weighted by Gasteiger charge is 2.47. The van der Waals surface area contributed by atoms with Gasteiger partial charge in [-0.15, -0.1) is 0 Å². The molecule has 4 rings (SSSR count). The van der Waals surface area contributed by atoms with Crippen molar-refractivity contribution < 1.29 is 19.1 Å². The molecule has 0 aliphatic carbocycles. The summed E-state index contributed by atoms with van der Waals surface area (Å²) in [5.41, 5.74) is -0.402. The van der Waals surface area contributed by atoms with Crippen molar-refractivity contribution in [3.05, 3.63) is 0 Å². The molecule has 1 unspecified atom stereocenters. The number of hydrogen-bond acceptors (Lipinski definition) is 6. The Balaban J connectivity index is 1.23. The molecule has 0 bridgehead atoms. The van der Waals surface area contributed by atoms with E-state index in [9.17, 15) is 9.59 Å². The standard InChI is InChI=1S/C21H36N4O4/c1-22(2)18-3-8-23(15-18)11-12-25-16-21(29-20(25)27)6-9-24(10-7-21)19(26)17-4-13-28-14-5-17/h17-18H,3-16H2,1-2H3. The number of carbonyl (C=O) groups excluding carboxylic acids is 2. The van der Waals surface area contributed by atoms with E-state index in [1.165, 1.54) is 6.42 Å². The van der Waals surface area contributed by atoms with Crippen molar-refractivity contribution >= 4 is 12.0 Å². The van der Waals surface area contributed by atoms with Crippen LogP contribution in [0.15, 0.2) is 0 Å². The van der Waals surface area contributed by atoms with Crippen LogP contribution in [0.4, 0.5) is 4.79 Å². The molecule has 1 spiro atoms. The Bertz CT molecular complexity index is 599. The Morgan fingerprint density at radius 2 is 1.83 bits per heavy atom. The third kappa shape index (κ3) is 4.70. The Hall–Kier alpha value is -1.38. The summed E-state index contributed by atoms with van der Waals surface area (Å²) in [6.45, 7) is 7.22. The van der Waals surface area contributed by atoms with Gasteiger partial charge in [0, 0.05) is 70.7 Å². The highest BCUT2D eigenvalue weighted by Crippen LogP contribution is 2.34. The van der Waals surface area contributed by atoms with Gasteiger partial charge in [-0.05, 0) is 39.9 Å². The fourth-order valence-electron chi connectivity index (χ4n) is 5.16. The van der Waals surface area contributed by atoms with Gasteiger partial charge in [0.1, 0.15) is 5.60 Å². The Kier molecular flexibility index (Phi) is 6.32. The molecular formula is C21H36N4O4. The van der Waals surface area contributed by atoms with Gasteiger partial charge in [-0.2, -0.15) is 0 Å². The molecule has 4 aliphatic heterocycles. The second-order valence-corrected chi connectivity index (χ2v) is 9.39. The van der Waals surface area contributed by atoms with E-state index in [-0.39, 0.29) is 17.9 Å². The van der Waals surface area contributed by atoms with Crippen molar-refractivity contribution in [3.8, 4) is 0 Å². The highest BCUT2D eigenvalue weighted by molar-refractivity contribution is 5.79. The minimum Gasteiger partial charge on any atom is -0.441 e. The topological polar surface area (TPSA) is 65.6 Å². The van der Waals surface area contributed by atoms with Crippen molar-refractivity contribution in [2.75, 3.05) is 73.1 Å². The van der Waals surface area contributed by atoms with Crippen LogP contribution in [0, 0.1) is 5.92 Å². The van der Waals surface area contributed by atoms with Gasteiger partial charge in [-0.1, -0.05) is 0 Å². The molecule has 0 aromatic carbocycles. The van der Waals surface area contributed by atoms with Crippen molar-refractivity contribution in [3.63, 3.8) is 0 Å². The Morgan fingerprint density at radius 3 is 2.48 bits per heavy atom. The van der Waals surface area contributed by atoms with E-state index in [2.05, 4.69) is 23.9 Å². The molecule has 0 saturated carbocycles. The summed E-state index contributed by atoms with van der Waals surface area (Å²) in [4.78, 5) is 33.8. The van der Waals surface area contributed by atoms with Gasteiger partial charge in [0.15, 0.2) is 0 Å². The normalized spacial score (nSPS) is 28.5. The summed E-state index contributed by atoms with van der Waals surface area (Å²) < 4.78 is 11.2. The Labute approximate surface area is 174 Å². The fourth-order valence-corrected chi connectivity index (χ4v) is 5.16. The zero-order valence-corrected chi connectivity index (χ0v) is 18.0. The second-order valence-electron chi connectivity index (χ2n) is 9.39. The number of ether oxygens (including phenoxy) is 2. The van der Waals surface area contributed by atoms with E-state index >= 15 is 0 Å². The second kappa shape index (κ2) is 8.78. The van der Waals surface area contributed by atoms with E-state index in [1.807, 2.05) is 9.80 Å². The average molecular weight is 409 g/mol. The number of likely N-dealkylation sites (tertiary alicyclic amines) is 2. The first-order chi connectivity index (χ1) is 14.0. The first-order valence-corrected chi connectivity index (χ1v) is 11.2. The summed E-state index contributed by atoms with van der Waals surface area (Å²) >= 11 is 0. The SMILES string of the molecule is CN(C)C1CCN(CCN2CC3(CCN(C(=O)C4CCOCC4)CC3)OC2=O)C1. The van der Waals surface area contributed by atoms with Crippen LogP contribution in [-0.2, 0) is 14.3 Å². The van der Waals surface area contributed by atoms with Crippen LogP contribution >= 0.6 is 0 Å². The lowest BCUT2D eigenvalue weighted by Crippen LogP contribution is -2.50. The lowest BCUT2D eigenvalue weighted by atomic mass is 9.89. The van der Waals surface area contributed by atoms with Crippen molar-refractivity contribution in [2.24, 2.45) is 5.92 Å². The summed E-state index contributed by atoms with van der Waals surface area (Å²) in [7, 11) is 4.27. The molecule has 29 heavy (non-hydrogen) atoms. The molecular weight excluding hydrogens is 372 g/mol. The van der Waals surface area contributed by atoms with Gasteiger partial charge < -0.3 is 24.2 Å². The number of piperidine rings is 1. The largest absolute Gasteiger partial charge is 0.441 e. The molecule has 2 amide bonds. The molecule has 8 nitrogen and oxygen atoms in total. The van der Waals surface area contributed by atoms with Crippen molar-refractivity contribution in [2.45, 2.75) is 43.7 Å². The van der Waals surface area contributed by atoms with E-state index in [0.717, 1.165) is 51.9 Å². The van der Waals surface area contributed by atoms with Gasteiger partial charge in [0.25, 0.3) is 0 Å². The molecule has 0 N–H and O–H groups in total. The molecule has 164 valence electrons. The van der Waals surface area contributed by atoms with Gasteiger partial charge in [0.2, 0.25) is 5.91 Å². The summed E-state index contributed by atoms with van der Waals surface area (Å²) in [6.07, 6.45) is 4.16. The molecule has 4 saturated heterocycles. The van der Waals surface area contributed by atoms with E-state index < -0.39 is 5.60 Å². The Morgan fingerprint density at radius 1 is 1.10 bits per heavy atom. The summed E-state index contributed by atoms with van der Waals surface area (Å²) in [5, 5.41) is 0. The van der Waals surface area contributed by atoms with Gasteiger partial charge in [0.05, 0.1) is 6.54 Å². The minimum absolute atomic E-state index is 0.104. The first-order valence-electron chi connectivity index (χ1n) is 11.2.